The first-order valence-electron chi connectivity index (χ1n) is 11.2. The van der Waals surface area contributed by atoms with E-state index in [4.69, 9.17) is 0 Å². The lowest BCUT2D eigenvalue weighted by Gasteiger charge is -2.32. The number of hydrogen-bond donors (Lipinski definition) is 0. The number of carbonyl (C=O) groups excluding carboxylic acids is 2. The topological polar surface area (TPSA) is 84.2 Å². The molecule has 0 unspecified atom stereocenters. The summed E-state index contributed by atoms with van der Waals surface area (Å²) in [4.78, 5) is 42.6. The average molecular weight is 433 g/mol. The van der Waals surface area contributed by atoms with Gasteiger partial charge < -0.3 is 14.4 Å². The van der Waals surface area contributed by atoms with Crippen LogP contribution in [0.5, 0.6) is 0 Å². The van der Waals surface area contributed by atoms with Crippen molar-refractivity contribution < 1.29 is 9.59 Å². The van der Waals surface area contributed by atoms with E-state index in [1.807, 2.05) is 36.4 Å². The Morgan fingerprint density at radius 3 is 2.66 bits per heavy atom. The Morgan fingerprint density at radius 2 is 1.94 bits per heavy atom. The summed E-state index contributed by atoms with van der Waals surface area (Å²) in [5.41, 5.74) is 3.83. The summed E-state index contributed by atoms with van der Waals surface area (Å²) in [6.07, 6.45) is 7.73. The summed E-state index contributed by atoms with van der Waals surface area (Å²) in [6, 6.07) is 6.40. The smallest absolute Gasteiger partial charge is 0.256 e. The molecule has 1 saturated heterocycles. The van der Waals surface area contributed by atoms with Crippen LogP contribution in [0.15, 0.2) is 30.7 Å². The lowest BCUT2D eigenvalue weighted by atomic mass is 9.96. The highest BCUT2D eigenvalue weighted by Crippen LogP contribution is 2.37. The molecule has 1 atom stereocenters. The van der Waals surface area contributed by atoms with Gasteiger partial charge in [0.15, 0.2) is 0 Å². The van der Waals surface area contributed by atoms with Crippen LogP contribution in [0, 0.1) is 6.92 Å². The molecule has 5 rings (SSSR count). The van der Waals surface area contributed by atoms with Crippen LogP contribution in [0.2, 0.25) is 0 Å². The second-order valence-electron chi connectivity index (χ2n) is 9.10. The number of imidazole rings is 1. The van der Waals surface area contributed by atoms with Crippen LogP contribution >= 0.6 is 0 Å². The Morgan fingerprint density at radius 1 is 1.12 bits per heavy atom. The lowest BCUT2D eigenvalue weighted by molar-refractivity contribution is 0.0704. The molecule has 3 aromatic rings. The molecule has 1 aromatic carbocycles. The number of aryl methyl sites for hydroxylation is 1. The molecule has 0 spiro atoms. The third kappa shape index (κ3) is 3.74. The van der Waals surface area contributed by atoms with Gasteiger partial charge in [-0.3, -0.25) is 9.59 Å². The van der Waals surface area contributed by atoms with Gasteiger partial charge in [0.2, 0.25) is 0 Å². The van der Waals surface area contributed by atoms with Gasteiger partial charge in [-0.05, 0) is 50.8 Å². The van der Waals surface area contributed by atoms with Gasteiger partial charge in [0, 0.05) is 50.9 Å². The quantitative estimate of drug-likeness (QED) is 0.632. The summed E-state index contributed by atoms with van der Waals surface area (Å²) >= 11 is 0. The monoisotopic (exact) mass is 432 g/mol. The minimum Gasteiger partial charge on any atom is -0.345 e. The van der Waals surface area contributed by atoms with Crippen molar-refractivity contribution in [3.05, 3.63) is 53.4 Å². The number of fused-ring (bicyclic) bond motifs is 1. The highest BCUT2D eigenvalue weighted by Gasteiger charge is 2.29. The predicted octanol–water partition coefficient (Wildman–Crippen LogP) is 3.19. The number of amides is 2. The highest BCUT2D eigenvalue weighted by molar-refractivity contribution is 5.97. The standard InChI is InChI=1S/C24H28N6O2/c1-15-19(24(32)28(2)3)12-25-22(27-15)17-5-4-10-29(13-17)23(31)16-6-9-21-20(11-16)26-14-30(21)18-7-8-18/h6,9,11-12,14,17-18H,4-5,7-8,10,13H2,1-3H3/t17-/m0/s1. The van der Waals surface area contributed by atoms with Gasteiger partial charge in [-0.1, -0.05) is 0 Å². The maximum absolute atomic E-state index is 13.3. The molecule has 166 valence electrons. The SMILES string of the molecule is Cc1nc([C@H]2CCCN(C(=O)c3ccc4c(c3)ncn4C3CC3)C2)ncc1C(=O)N(C)C. The molecule has 0 N–H and O–H groups in total. The molecule has 0 radical (unpaired) electrons. The van der Waals surface area contributed by atoms with Crippen molar-refractivity contribution in [2.24, 2.45) is 0 Å². The number of benzene rings is 1. The van der Waals surface area contributed by atoms with E-state index in [0.717, 1.165) is 30.4 Å². The highest BCUT2D eigenvalue weighted by atomic mass is 16.2. The van der Waals surface area contributed by atoms with Crippen LogP contribution in [0.3, 0.4) is 0 Å². The number of aromatic nitrogens is 4. The van der Waals surface area contributed by atoms with Crippen LogP contribution in [-0.2, 0) is 0 Å². The van der Waals surface area contributed by atoms with Crippen molar-refractivity contribution in [2.45, 2.75) is 44.6 Å². The largest absolute Gasteiger partial charge is 0.345 e. The number of likely N-dealkylation sites (tertiary alicyclic amines) is 1. The predicted molar refractivity (Wildman–Crippen MR) is 121 cm³/mol. The van der Waals surface area contributed by atoms with Crippen LogP contribution < -0.4 is 0 Å². The lowest BCUT2D eigenvalue weighted by Crippen LogP contribution is -2.39. The number of hydrogen-bond acceptors (Lipinski definition) is 5. The van der Waals surface area contributed by atoms with Crippen molar-refractivity contribution in [1.82, 2.24) is 29.3 Å². The van der Waals surface area contributed by atoms with Gasteiger partial charge >= 0.3 is 0 Å². The molecule has 1 saturated carbocycles. The van der Waals surface area contributed by atoms with E-state index in [1.165, 1.54) is 17.7 Å². The first-order valence-corrected chi connectivity index (χ1v) is 11.2. The molecular formula is C24H28N6O2. The van der Waals surface area contributed by atoms with Crippen molar-refractivity contribution in [3.8, 4) is 0 Å². The number of nitrogens with zero attached hydrogens (tertiary/aromatic N) is 6. The zero-order valence-corrected chi connectivity index (χ0v) is 18.8. The van der Waals surface area contributed by atoms with Crippen LogP contribution in [0.25, 0.3) is 11.0 Å². The molecule has 1 aliphatic heterocycles. The van der Waals surface area contributed by atoms with Crippen LogP contribution in [0.4, 0.5) is 0 Å². The molecule has 1 aliphatic carbocycles. The maximum Gasteiger partial charge on any atom is 0.256 e. The minimum atomic E-state index is -0.103. The van der Waals surface area contributed by atoms with Crippen molar-refractivity contribution in [1.29, 1.82) is 0 Å². The second kappa shape index (κ2) is 8.00. The van der Waals surface area contributed by atoms with Gasteiger partial charge in [0.25, 0.3) is 11.8 Å². The Kier molecular flexibility index (Phi) is 5.15. The molecule has 8 heteroatoms. The Labute approximate surface area is 187 Å². The van der Waals surface area contributed by atoms with Crippen LogP contribution in [0.1, 0.15) is 69.9 Å². The molecule has 2 aromatic heterocycles. The van der Waals surface area contributed by atoms with E-state index in [9.17, 15) is 9.59 Å². The first kappa shape index (κ1) is 20.6. The zero-order chi connectivity index (χ0) is 22.4. The second-order valence-corrected chi connectivity index (χ2v) is 9.10. The molecule has 0 bridgehead atoms. The van der Waals surface area contributed by atoms with E-state index in [1.54, 1.807) is 20.3 Å². The van der Waals surface area contributed by atoms with E-state index in [0.29, 0.717) is 35.2 Å². The Hall–Kier alpha value is -3.29. The third-order valence-corrected chi connectivity index (χ3v) is 6.47. The van der Waals surface area contributed by atoms with Crippen molar-refractivity contribution >= 4 is 22.8 Å². The average Bonchev–Trinajstić information content (AvgIpc) is 3.56. The molecule has 32 heavy (non-hydrogen) atoms. The maximum atomic E-state index is 13.3. The summed E-state index contributed by atoms with van der Waals surface area (Å²) in [5.74, 6) is 0.685. The molecule has 3 heterocycles. The van der Waals surface area contributed by atoms with Gasteiger partial charge in [0.1, 0.15) is 5.82 Å². The third-order valence-electron chi connectivity index (χ3n) is 6.47. The van der Waals surface area contributed by atoms with Gasteiger partial charge in [0.05, 0.1) is 28.6 Å². The number of carbonyl (C=O) groups is 2. The first-order chi connectivity index (χ1) is 15.4. The molecule has 8 nitrogen and oxygen atoms in total. The van der Waals surface area contributed by atoms with Gasteiger partial charge in [-0.15, -0.1) is 0 Å². The molecule has 2 amide bonds. The minimum absolute atomic E-state index is 0.0219. The summed E-state index contributed by atoms with van der Waals surface area (Å²) in [5, 5.41) is 0. The Bertz CT molecular complexity index is 1200. The molecular weight excluding hydrogens is 404 g/mol. The van der Waals surface area contributed by atoms with E-state index < -0.39 is 0 Å². The number of rotatable bonds is 4. The van der Waals surface area contributed by atoms with Gasteiger partial charge in [-0.25, -0.2) is 15.0 Å². The van der Waals surface area contributed by atoms with Gasteiger partial charge in [-0.2, -0.15) is 0 Å². The van der Waals surface area contributed by atoms with E-state index in [2.05, 4.69) is 19.5 Å². The summed E-state index contributed by atoms with van der Waals surface area (Å²) in [6.45, 7) is 3.14. The fourth-order valence-electron chi connectivity index (χ4n) is 4.50. The van der Waals surface area contributed by atoms with Crippen LogP contribution in [-0.4, -0.2) is 68.3 Å². The normalized spacial score (nSPS) is 18.7. The summed E-state index contributed by atoms with van der Waals surface area (Å²) < 4.78 is 2.21. The fourth-order valence-corrected chi connectivity index (χ4v) is 4.50. The Balaban J connectivity index is 1.33. The molecule has 2 aliphatic rings. The van der Waals surface area contributed by atoms with E-state index in [-0.39, 0.29) is 17.7 Å². The van der Waals surface area contributed by atoms with E-state index >= 15 is 0 Å². The zero-order valence-electron chi connectivity index (χ0n) is 18.8. The van der Waals surface area contributed by atoms with Crippen molar-refractivity contribution in [2.75, 3.05) is 27.2 Å². The van der Waals surface area contributed by atoms with Crippen molar-refractivity contribution in [3.63, 3.8) is 0 Å². The molecule has 2 fully saturated rings. The summed E-state index contributed by atoms with van der Waals surface area (Å²) in [7, 11) is 3.43. The fraction of sp³-hybridized carbons (Fsp3) is 0.458. The number of piperidine rings is 1.